The molecule has 2 aliphatic heterocycles. The van der Waals surface area contributed by atoms with E-state index in [1.165, 1.54) is 0 Å². The molecule has 0 radical (unpaired) electrons. The maximum Gasteiger partial charge on any atom is 0.241 e. The van der Waals surface area contributed by atoms with Crippen LogP contribution in [-0.2, 0) is 16.1 Å². The van der Waals surface area contributed by atoms with Crippen LogP contribution in [0.25, 0.3) is 11.4 Å². The van der Waals surface area contributed by atoms with Crippen molar-refractivity contribution in [2.45, 2.75) is 39.2 Å². The van der Waals surface area contributed by atoms with Crippen LogP contribution in [0.15, 0.2) is 40.9 Å². The van der Waals surface area contributed by atoms with Gasteiger partial charge in [-0.3, -0.25) is 14.5 Å². The fourth-order valence-electron chi connectivity index (χ4n) is 4.83. The van der Waals surface area contributed by atoms with Crippen molar-refractivity contribution >= 4 is 46.4 Å². The van der Waals surface area contributed by atoms with Crippen molar-refractivity contribution in [3.05, 3.63) is 57.9 Å². The maximum absolute atomic E-state index is 13.1. The Morgan fingerprint density at radius 2 is 2.03 bits per heavy atom. The minimum atomic E-state index is -0.162. The Morgan fingerprint density at radius 3 is 2.81 bits per heavy atom. The summed E-state index contributed by atoms with van der Waals surface area (Å²) in [4.78, 5) is 33.8. The number of aryl methyl sites for hydroxylation is 1. The second kappa shape index (κ2) is 10.6. The monoisotopic (exact) mass is 527 g/mol. The van der Waals surface area contributed by atoms with E-state index in [4.69, 9.17) is 27.7 Å². The van der Waals surface area contributed by atoms with Gasteiger partial charge in [-0.15, -0.1) is 0 Å². The lowest BCUT2D eigenvalue weighted by molar-refractivity contribution is -0.121. The lowest BCUT2D eigenvalue weighted by Crippen LogP contribution is -2.40. The molecule has 2 fully saturated rings. The first-order valence-electron chi connectivity index (χ1n) is 12.1. The van der Waals surface area contributed by atoms with Crippen molar-refractivity contribution in [2.24, 2.45) is 5.92 Å². The number of hydrogen-bond donors (Lipinski definition) is 1. The van der Waals surface area contributed by atoms with Crippen LogP contribution < -0.4 is 10.2 Å². The Kier molecular flexibility index (Phi) is 7.27. The largest absolute Gasteiger partial charge is 0.338 e. The van der Waals surface area contributed by atoms with Gasteiger partial charge in [-0.25, -0.2) is 0 Å². The number of amides is 2. The highest BCUT2D eigenvalue weighted by atomic mass is 35.5. The molecule has 1 N–H and O–H groups in total. The van der Waals surface area contributed by atoms with Gasteiger partial charge in [0.05, 0.1) is 17.5 Å². The first kappa shape index (κ1) is 24.7. The Morgan fingerprint density at radius 1 is 1.17 bits per heavy atom. The third-order valence-corrected chi connectivity index (χ3v) is 7.26. The van der Waals surface area contributed by atoms with Crippen LogP contribution in [0.1, 0.15) is 37.1 Å². The van der Waals surface area contributed by atoms with Gasteiger partial charge >= 0.3 is 0 Å². The third-order valence-electron chi connectivity index (χ3n) is 6.72. The van der Waals surface area contributed by atoms with Gasteiger partial charge in [0, 0.05) is 41.5 Å². The smallest absolute Gasteiger partial charge is 0.241 e. The summed E-state index contributed by atoms with van der Waals surface area (Å²) in [5.41, 5.74) is 3.25. The van der Waals surface area contributed by atoms with Crippen LogP contribution in [0.2, 0.25) is 10.0 Å². The van der Waals surface area contributed by atoms with Crippen molar-refractivity contribution in [1.29, 1.82) is 0 Å². The van der Waals surface area contributed by atoms with E-state index in [2.05, 4.69) is 20.4 Å². The molecule has 10 heteroatoms. The summed E-state index contributed by atoms with van der Waals surface area (Å²) in [5, 5.41) is 8.11. The highest BCUT2D eigenvalue weighted by Crippen LogP contribution is 2.30. The lowest BCUT2D eigenvalue weighted by atomic mass is 9.97. The van der Waals surface area contributed by atoms with Crippen LogP contribution in [0.3, 0.4) is 0 Å². The van der Waals surface area contributed by atoms with Crippen LogP contribution in [0.5, 0.6) is 0 Å². The number of nitrogens with zero attached hydrogens (tertiary/aromatic N) is 4. The minimum absolute atomic E-state index is 0.0265. The van der Waals surface area contributed by atoms with Gasteiger partial charge in [0.1, 0.15) is 0 Å². The van der Waals surface area contributed by atoms with Crippen molar-refractivity contribution in [3.63, 3.8) is 0 Å². The predicted molar refractivity (Wildman–Crippen MR) is 139 cm³/mol. The molecule has 188 valence electrons. The molecule has 36 heavy (non-hydrogen) atoms. The highest BCUT2D eigenvalue weighted by Gasteiger charge is 2.28. The molecule has 2 aromatic carbocycles. The number of aromatic nitrogens is 2. The van der Waals surface area contributed by atoms with Crippen molar-refractivity contribution in [3.8, 4) is 11.4 Å². The van der Waals surface area contributed by atoms with Crippen molar-refractivity contribution in [2.75, 3.05) is 29.9 Å². The van der Waals surface area contributed by atoms with E-state index in [0.717, 1.165) is 43.6 Å². The molecule has 3 heterocycles. The summed E-state index contributed by atoms with van der Waals surface area (Å²) >= 11 is 12.2. The molecule has 0 aliphatic carbocycles. The summed E-state index contributed by atoms with van der Waals surface area (Å²) in [6, 6.07) is 10.9. The first-order chi connectivity index (χ1) is 17.4. The number of carbonyl (C=O) groups excluding carboxylic acids is 2. The minimum Gasteiger partial charge on any atom is -0.338 e. The molecular formula is C26H27Cl2N5O3. The van der Waals surface area contributed by atoms with Crippen LogP contribution in [0, 0.1) is 12.8 Å². The number of piperidine rings is 1. The van der Waals surface area contributed by atoms with Crippen molar-refractivity contribution in [1.82, 2.24) is 15.0 Å². The maximum atomic E-state index is 13.1. The van der Waals surface area contributed by atoms with Gasteiger partial charge in [0.2, 0.25) is 23.5 Å². The van der Waals surface area contributed by atoms with Crippen LogP contribution in [0.4, 0.5) is 11.4 Å². The summed E-state index contributed by atoms with van der Waals surface area (Å²) in [6.07, 6.45) is 3.13. The molecule has 8 nitrogen and oxygen atoms in total. The molecule has 2 aliphatic rings. The number of benzene rings is 2. The van der Waals surface area contributed by atoms with Gasteiger partial charge < -0.3 is 14.7 Å². The van der Waals surface area contributed by atoms with Gasteiger partial charge in [0.25, 0.3) is 0 Å². The second-order valence-electron chi connectivity index (χ2n) is 9.35. The number of anilines is 2. The van der Waals surface area contributed by atoms with E-state index < -0.39 is 0 Å². The highest BCUT2D eigenvalue weighted by molar-refractivity contribution is 6.36. The molecule has 0 spiro atoms. The summed E-state index contributed by atoms with van der Waals surface area (Å²) in [5.74, 6) is 0.818. The molecular weight excluding hydrogens is 501 g/mol. The summed E-state index contributed by atoms with van der Waals surface area (Å²) < 4.78 is 5.45. The van der Waals surface area contributed by atoms with Crippen molar-refractivity contribution < 1.29 is 14.1 Å². The van der Waals surface area contributed by atoms with Crippen LogP contribution >= 0.6 is 23.2 Å². The molecule has 1 unspecified atom stereocenters. The number of nitrogens with one attached hydrogen (secondary N) is 1. The van der Waals surface area contributed by atoms with E-state index in [1.807, 2.05) is 30.0 Å². The standard InChI is InChI=1S/C26H27Cl2N5O3/c1-16-6-8-19(13-22(16)33-11-3-5-24(33)34)29-26(35)17-4-2-10-32(14-17)15-23-30-25(31-36-23)20-9-7-18(27)12-21(20)28/h6-9,12-13,17H,2-5,10-11,14-15H2,1H3,(H,29,35). The van der Waals surface area contributed by atoms with E-state index in [-0.39, 0.29) is 17.7 Å². The first-order valence-corrected chi connectivity index (χ1v) is 12.9. The number of rotatable bonds is 6. The second-order valence-corrected chi connectivity index (χ2v) is 10.2. The zero-order chi connectivity index (χ0) is 25.2. The van der Waals surface area contributed by atoms with Gasteiger partial charge in [0.15, 0.2) is 0 Å². The Balaban J connectivity index is 1.22. The Bertz CT molecular complexity index is 1290. The predicted octanol–water partition coefficient (Wildman–Crippen LogP) is 5.33. The zero-order valence-electron chi connectivity index (χ0n) is 20.0. The Hall–Kier alpha value is -2.94. The third kappa shape index (κ3) is 5.40. The topological polar surface area (TPSA) is 91.6 Å². The van der Waals surface area contributed by atoms with E-state index in [9.17, 15) is 9.59 Å². The summed E-state index contributed by atoms with van der Waals surface area (Å²) in [7, 11) is 0. The molecule has 0 bridgehead atoms. The molecule has 2 amide bonds. The van der Waals surface area contributed by atoms with E-state index >= 15 is 0 Å². The molecule has 3 aromatic rings. The average Bonchev–Trinajstić information content (AvgIpc) is 3.49. The molecule has 5 rings (SSSR count). The van der Waals surface area contributed by atoms with Gasteiger partial charge in [-0.1, -0.05) is 34.4 Å². The Labute approximate surface area is 219 Å². The number of likely N-dealkylation sites (tertiary alicyclic amines) is 1. The molecule has 1 atom stereocenters. The summed E-state index contributed by atoms with van der Waals surface area (Å²) in [6.45, 7) is 4.59. The fourth-order valence-corrected chi connectivity index (χ4v) is 5.32. The van der Waals surface area contributed by atoms with E-state index in [0.29, 0.717) is 52.5 Å². The fraction of sp³-hybridized carbons (Fsp3) is 0.385. The molecule has 1 aromatic heterocycles. The number of halogens is 2. The van der Waals surface area contributed by atoms with Crippen LogP contribution in [-0.4, -0.2) is 46.5 Å². The zero-order valence-corrected chi connectivity index (χ0v) is 21.5. The van der Waals surface area contributed by atoms with Gasteiger partial charge in [-0.05, 0) is 68.6 Å². The lowest BCUT2D eigenvalue weighted by Gasteiger charge is -2.31. The quantitative estimate of drug-likeness (QED) is 0.465. The molecule has 2 saturated heterocycles. The normalized spacial score (nSPS) is 18.6. The average molecular weight is 528 g/mol. The molecule has 0 saturated carbocycles. The SMILES string of the molecule is Cc1ccc(NC(=O)C2CCCN(Cc3nc(-c4ccc(Cl)cc4Cl)no3)C2)cc1N1CCCC1=O. The number of carbonyl (C=O) groups is 2. The van der Waals surface area contributed by atoms with E-state index in [1.54, 1.807) is 18.2 Å². The van der Waals surface area contributed by atoms with Gasteiger partial charge in [-0.2, -0.15) is 4.98 Å². The number of hydrogen-bond acceptors (Lipinski definition) is 6.